The number of rotatable bonds is 4. The van der Waals surface area contributed by atoms with Crippen molar-refractivity contribution in [3.63, 3.8) is 0 Å². The second kappa shape index (κ2) is 6.36. The molecule has 1 heterocycles. The molecule has 0 aromatic rings. The first-order valence-electron chi connectivity index (χ1n) is 9.15. The average Bonchev–Trinajstić information content (AvgIpc) is 2.91. The molecule has 1 N–H and O–H groups in total. The molecule has 2 unspecified atom stereocenters. The molecule has 2 heteroatoms. The first kappa shape index (κ1) is 14.8. The van der Waals surface area contributed by atoms with E-state index in [1.807, 2.05) is 0 Å². The highest BCUT2D eigenvalue weighted by Gasteiger charge is 2.41. The molecule has 0 radical (unpaired) electrons. The van der Waals surface area contributed by atoms with Crippen molar-refractivity contribution in [1.29, 1.82) is 0 Å². The molecule has 2 bridgehead atoms. The first-order valence-corrected chi connectivity index (χ1v) is 9.15. The van der Waals surface area contributed by atoms with E-state index in [9.17, 15) is 0 Å². The highest BCUT2D eigenvalue weighted by molar-refractivity contribution is 4.97. The molecule has 1 saturated heterocycles. The van der Waals surface area contributed by atoms with Crippen LogP contribution in [0.1, 0.15) is 65.7 Å². The number of fused-ring (bicyclic) bond motifs is 2. The van der Waals surface area contributed by atoms with Crippen LogP contribution in [0.5, 0.6) is 0 Å². The van der Waals surface area contributed by atoms with Gasteiger partial charge in [0.15, 0.2) is 0 Å². The van der Waals surface area contributed by atoms with E-state index in [2.05, 4.69) is 31.0 Å². The van der Waals surface area contributed by atoms with Gasteiger partial charge in [-0.1, -0.05) is 19.3 Å². The summed E-state index contributed by atoms with van der Waals surface area (Å²) in [5, 5.41) is 4.10. The van der Waals surface area contributed by atoms with E-state index in [0.717, 1.165) is 35.9 Å². The van der Waals surface area contributed by atoms with Gasteiger partial charge in [-0.2, -0.15) is 0 Å². The van der Waals surface area contributed by atoms with Crippen LogP contribution in [0.2, 0.25) is 0 Å². The lowest BCUT2D eigenvalue weighted by Crippen LogP contribution is -2.60. The monoisotopic (exact) mass is 278 g/mol. The van der Waals surface area contributed by atoms with Crippen LogP contribution in [0.4, 0.5) is 0 Å². The summed E-state index contributed by atoms with van der Waals surface area (Å²) in [6, 6.07) is 2.29. The van der Waals surface area contributed by atoms with Crippen molar-refractivity contribution in [2.24, 2.45) is 17.8 Å². The minimum absolute atomic E-state index is 0.728. The Morgan fingerprint density at radius 3 is 2.00 bits per heavy atom. The van der Waals surface area contributed by atoms with Gasteiger partial charge >= 0.3 is 0 Å². The van der Waals surface area contributed by atoms with Gasteiger partial charge < -0.3 is 10.2 Å². The lowest BCUT2D eigenvalue weighted by Gasteiger charge is -2.50. The fourth-order valence-corrected chi connectivity index (χ4v) is 5.06. The number of piperidine rings is 1. The van der Waals surface area contributed by atoms with Crippen LogP contribution < -0.4 is 5.32 Å². The largest absolute Gasteiger partial charge is 0.311 e. The third-order valence-electron chi connectivity index (χ3n) is 6.40. The summed E-state index contributed by atoms with van der Waals surface area (Å²) in [4.78, 5) is 2.73. The van der Waals surface area contributed by atoms with E-state index in [1.54, 1.807) is 0 Å². The molecule has 0 amide bonds. The van der Waals surface area contributed by atoms with E-state index in [-0.39, 0.29) is 0 Å². The minimum atomic E-state index is 0.728. The van der Waals surface area contributed by atoms with Crippen molar-refractivity contribution in [1.82, 2.24) is 10.2 Å². The highest BCUT2D eigenvalue weighted by Crippen LogP contribution is 2.37. The lowest BCUT2D eigenvalue weighted by molar-refractivity contribution is 0.0228. The molecule has 3 rings (SSSR count). The molecule has 0 spiro atoms. The van der Waals surface area contributed by atoms with Crippen molar-refractivity contribution in [2.75, 3.05) is 13.1 Å². The molecule has 0 aromatic carbocycles. The Balaban J connectivity index is 1.61. The number of nitrogens with one attached hydrogen (secondary N) is 1. The quantitative estimate of drug-likeness (QED) is 0.844. The van der Waals surface area contributed by atoms with Gasteiger partial charge in [-0.3, -0.25) is 0 Å². The molecule has 3 atom stereocenters. The van der Waals surface area contributed by atoms with Gasteiger partial charge in [0, 0.05) is 31.2 Å². The topological polar surface area (TPSA) is 15.3 Å². The fourth-order valence-electron chi connectivity index (χ4n) is 5.06. The van der Waals surface area contributed by atoms with Gasteiger partial charge in [0.1, 0.15) is 0 Å². The van der Waals surface area contributed by atoms with E-state index in [1.165, 1.54) is 58.0 Å². The van der Waals surface area contributed by atoms with E-state index in [0.29, 0.717) is 0 Å². The molecule has 2 nitrogen and oxygen atoms in total. The number of hydrogen-bond donors (Lipinski definition) is 1. The molecule has 1 aliphatic heterocycles. The van der Waals surface area contributed by atoms with Gasteiger partial charge in [-0.05, 0) is 64.2 Å². The smallest absolute Gasteiger partial charge is 0.0151 e. The molecular formula is C18H34N2. The molecule has 2 saturated carbocycles. The third-order valence-corrected chi connectivity index (χ3v) is 6.40. The Labute approximate surface area is 125 Å². The fraction of sp³-hybridized carbons (Fsp3) is 1.00. The summed E-state index contributed by atoms with van der Waals surface area (Å²) < 4.78 is 0. The number of nitrogens with zero attached hydrogens (tertiary/aromatic N) is 1. The summed E-state index contributed by atoms with van der Waals surface area (Å²) in [6.07, 6.45) is 10.2. The van der Waals surface area contributed by atoms with Gasteiger partial charge in [-0.15, -0.1) is 0 Å². The third kappa shape index (κ3) is 3.06. The van der Waals surface area contributed by atoms with E-state index >= 15 is 0 Å². The molecule has 20 heavy (non-hydrogen) atoms. The van der Waals surface area contributed by atoms with Gasteiger partial charge in [0.2, 0.25) is 0 Å². The maximum atomic E-state index is 4.10. The van der Waals surface area contributed by atoms with Crippen molar-refractivity contribution < 1.29 is 0 Å². The van der Waals surface area contributed by atoms with Crippen molar-refractivity contribution in [3.8, 4) is 0 Å². The molecule has 3 aliphatic rings. The summed E-state index contributed by atoms with van der Waals surface area (Å²) in [7, 11) is 0. The second-order valence-corrected chi connectivity index (χ2v) is 8.02. The average molecular weight is 278 g/mol. The maximum absolute atomic E-state index is 4.10. The van der Waals surface area contributed by atoms with Gasteiger partial charge in [-0.25, -0.2) is 0 Å². The molecule has 2 aliphatic carbocycles. The molecule has 116 valence electrons. The van der Waals surface area contributed by atoms with Crippen LogP contribution in [-0.4, -0.2) is 36.1 Å². The summed E-state index contributed by atoms with van der Waals surface area (Å²) >= 11 is 0. The zero-order chi connectivity index (χ0) is 14.1. The minimum Gasteiger partial charge on any atom is -0.311 e. The van der Waals surface area contributed by atoms with Gasteiger partial charge in [0.25, 0.3) is 0 Å². The van der Waals surface area contributed by atoms with Crippen molar-refractivity contribution in [2.45, 2.75) is 83.8 Å². The van der Waals surface area contributed by atoms with E-state index < -0.39 is 0 Å². The zero-order valence-electron chi connectivity index (χ0n) is 13.8. The first-order chi connectivity index (χ1) is 9.65. The van der Waals surface area contributed by atoms with Crippen molar-refractivity contribution >= 4 is 0 Å². The Bertz CT molecular complexity index is 295. The van der Waals surface area contributed by atoms with Crippen LogP contribution in [0, 0.1) is 17.8 Å². The SMILES string of the molecule is CC(C)N1CC2CCCC(C1)C2N[C@H](C)C1CCCC1. The maximum Gasteiger partial charge on any atom is 0.0151 e. The Morgan fingerprint density at radius 1 is 0.850 bits per heavy atom. The van der Waals surface area contributed by atoms with Crippen LogP contribution in [0.15, 0.2) is 0 Å². The van der Waals surface area contributed by atoms with E-state index in [4.69, 9.17) is 0 Å². The molecule has 0 aromatic heterocycles. The van der Waals surface area contributed by atoms with Gasteiger partial charge in [0.05, 0.1) is 0 Å². The standard InChI is InChI=1S/C18H34N2/c1-13(2)20-11-16-9-6-10-17(12-20)18(16)19-14(3)15-7-4-5-8-15/h13-19H,4-12H2,1-3H3/t14-,16?,17?,18?/m1/s1. The predicted octanol–water partition coefficient (Wildman–Crippen LogP) is 3.66. The highest BCUT2D eigenvalue weighted by atomic mass is 15.2. The summed E-state index contributed by atoms with van der Waals surface area (Å²) in [6.45, 7) is 9.86. The Morgan fingerprint density at radius 2 is 1.45 bits per heavy atom. The summed E-state index contributed by atoms with van der Waals surface area (Å²) in [5.41, 5.74) is 0. The normalized spacial score (nSPS) is 37.5. The Hall–Kier alpha value is -0.0800. The van der Waals surface area contributed by atoms with Crippen LogP contribution in [-0.2, 0) is 0 Å². The van der Waals surface area contributed by atoms with Crippen molar-refractivity contribution in [3.05, 3.63) is 0 Å². The molecule has 3 fully saturated rings. The van der Waals surface area contributed by atoms with Crippen LogP contribution in [0.25, 0.3) is 0 Å². The predicted molar refractivity (Wildman–Crippen MR) is 85.9 cm³/mol. The summed E-state index contributed by atoms with van der Waals surface area (Å²) in [5.74, 6) is 2.78. The molecular weight excluding hydrogens is 244 g/mol. The lowest BCUT2D eigenvalue weighted by atomic mass is 9.72. The number of likely N-dealkylation sites (tertiary alicyclic amines) is 1. The zero-order valence-corrected chi connectivity index (χ0v) is 13.8. The second-order valence-electron chi connectivity index (χ2n) is 8.02. The van der Waals surface area contributed by atoms with Crippen LogP contribution >= 0.6 is 0 Å². The Kier molecular flexibility index (Phi) is 4.72. The van der Waals surface area contributed by atoms with Crippen LogP contribution in [0.3, 0.4) is 0 Å². The number of hydrogen-bond acceptors (Lipinski definition) is 2.